The van der Waals surface area contributed by atoms with Crippen molar-refractivity contribution in [1.82, 2.24) is 5.32 Å². The number of sulfone groups is 1. The van der Waals surface area contributed by atoms with Crippen LogP contribution in [0, 0.1) is 5.92 Å². The molecule has 2 rings (SSSR count). The van der Waals surface area contributed by atoms with Gasteiger partial charge in [-0.25, -0.2) is 8.42 Å². The number of hydrogen-bond donors (Lipinski definition) is 1. The van der Waals surface area contributed by atoms with Gasteiger partial charge in [-0.05, 0) is 30.5 Å². The molecule has 18 heavy (non-hydrogen) atoms. The molecule has 1 heterocycles. The van der Waals surface area contributed by atoms with Crippen molar-refractivity contribution in [2.75, 3.05) is 18.1 Å². The van der Waals surface area contributed by atoms with Crippen molar-refractivity contribution in [2.45, 2.75) is 19.4 Å². The van der Waals surface area contributed by atoms with Gasteiger partial charge in [-0.15, -0.1) is 0 Å². The Morgan fingerprint density at radius 1 is 1.44 bits per heavy atom. The van der Waals surface area contributed by atoms with E-state index in [1.54, 1.807) is 0 Å². The van der Waals surface area contributed by atoms with Gasteiger partial charge in [0.15, 0.2) is 9.84 Å². The van der Waals surface area contributed by atoms with E-state index in [-0.39, 0.29) is 17.7 Å². The van der Waals surface area contributed by atoms with Crippen molar-refractivity contribution < 1.29 is 8.42 Å². The molecule has 0 saturated carbocycles. The molecular weight excluding hydrogens is 270 g/mol. The van der Waals surface area contributed by atoms with Gasteiger partial charge in [0.1, 0.15) is 0 Å². The number of rotatable bonds is 4. The van der Waals surface area contributed by atoms with E-state index in [1.165, 1.54) is 0 Å². The Hall–Kier alpha value is -0.580. The van der Waals surface area contributed by atoms with E-state index in [0.717, 1.165) is 12.1 Å². The Kier molecular flexibility index (Phi) is 4.30. The molecule has 0 aliphatic carbocycles. The van der Waals surface area contributed by atoms with Crippen LogP contribution in [0.4, 0.5) is 0 Å². The highest BCUT2D eigenvalue weighted by atomic mass is 35.5. The predicted octanol–water partition coefficient (Wildman–Crippen LogP) is 2.43. The summed E-state index contributed by atoms with van der Waals surface area (Å²) < 4.78 is 23.2. The van der Waals surface area contributed by atoms with Gasteiger partial charge >= 0.3 is 0 Å². The highest BCUT2D eigenvalue weighted by molar-refractivity contribution is 7.91. The maximum absolute atomic E-state index is 11.6. The van der Waals surface area contributed by atoms with Crippen LogP contribution in [0.3, 0.4) is 0 Å². The summed E-state index contributed by atoms with van der Waals surface area (Å²) in [6, 6.07) is 7.68. The van der Waals surface area contributed by atoms with Crippen LogP contribution in [0.5, 0.6) is 0 Å². The summed E-state index contributed by atoms with van der Waals surface area (Å²) >= 11 is 6.21. The molecule has 1 aromatic rings. The first kappa shape index (κ1) is 13.8. The summed E-state index contributed by atoms with van der Waals surface area (Å²) in [5, 5.41) is 4.07. The Morgan fingerprint density at radius 3 is 2.72 bits per heavy atom. The van der Waals surface area contributed by atoms with E-state index >= 15 is 0 Å². The molecule has 1 aromatic carbocycles. The summed E-state index contributed by atoms with van der Waals surface area (Å²) in [5.74, 6) is 0.676. The highest BCUT2D eigenvalue weighted by Crippen LogP contribution is 2.34. The Bertz CT molecular complexity index is 515. The molecule has 0 aromatic heterocycles. The zero-order valence-electron chi connectivity index (χ0n) is 10.4. The van der Waals surface area contributed by atoms with Crippen LogP contribution in [0.15, 0.2) is 24.3 Å². The van der Waals surface area contributed by atoms with E-state index in [9.17, 15) is 8.42 Å². The van der Waals surface area contributed by atoms with E-state index in [4.69, 9.17) is 11.6 Å². The third kappa shape index (κ3) is 3.05. The van der Waals surface area contributed by atoms with Gasteiger partial charge in [-0.1, -0.05) is 36.7 Å². The Morgan fingerprint density at radius 2 is 2.17 bits per heavy atom. The number of benzene rings is 1. The van der Waals surface area contributed by atoms with E-state index < -0.39 is 9.84 Å². The third-order valence-electron chi connectivity index (χ3n) is 3.40. The molecule has 0 spiro atoms. The molecular formula is C13H18ClNO2S. The van der Waals surface area contributed by atoms with Crippen molar-refractivity contribution in [3.05, 3.63) is 34.9 Å². The molecule has 1 aliphatic heterocycles. The number of hydrogen-bond acceptors (Lipinski definition) is 3. The quantitative estimate of drug-likeness (QED) is 0.925. The average Bonchev–Trinajstić information content (AvgIpc) is 2.68. The zero-order chi connectivity index (χ0) is 13.2. The van der Waals surface area contributed by atoms with Crippen molar-refractivity contribution >= 4 is 21.4 Å². The fourth-order valence-corrected chi connectivity index (χ4v) is 4.66. The molecule has 0 radical (unpaired) electrons. The smallest absolute Gasteiger partial charge is 0.150 e. The van der Waals surface area contributed by atoms with Gasteiger partial charge in [0, 0.05) is 11.1 Å². The lowest BCUT2D eigenvalue weighted by atomic mass is 9.92. The van der Waals surface area contributed by atoms with Gasteiger partial charge in [0.05, 0.1) is 11.5 Å². The number of halogens is 1. The predicted molar refractivity (Wildman–Crippen MR) is 74.6 cm³/mol. The minimum Gasteiger partial charge on any atom is -0.310 e. The van der Waals surface area contributed by atoms with Crippen molar-refractivity contribution in [2.24, 2.45) is 5.92 Å². The molecule has 1 N–H and O–H groups in total. The summed E-state index contributed by atoms with van der Waals surface area (Å²) in [7, 11) is -2.86. The van der Waals surface area contributed by atoms with E-state index in [0.29, 0.717) is 17.2 Å². The van der Waals surface area contributed by atoms with Crippen LogP contribution in [-0.2, 0) is 9.84 Å². The van der Waals surface area contributed by atoms with Gasteiger partial charge in [-0.3, -0.25) is 0 Å². The minimum absolute atomic E-state index is 0.0287. The normalized spacial score (nSPS) is 24.0. The molecule has 1 fully saturated rings. The Balaban J connectivity index is 2.27. The summed E-state index contributed by atoms with van der Waals surface area (Å²) in [4.78, 5) is 0. The molecule has 1 aliphatic rings. The van der Waals surface area contributed by atoms with E-state index in [2.05, 4.69) is 5.32 Å². The van der Waals surface area contributed by atoms with Gasteiger partial charge in [-0.2, -0.15) is 0 Å². The Labute approximate surface area is 113 Å². The molecule has 1 saturated heterocycles. The number of nitrogens with one attached hydrogen (secondary N) is 1. The molecule has 2 unspecified atom stereocenters. The van der Waals surface area contributed by atoms with Crippen LogP contribution in [-0.4, -0.2) is 26.5 Å². The SMILES string of the molecule is CCNC(c1ccccc1Cl)C1CCS(=O)(=O)C1. The highest BCUT2D eigenvalue weighted by Gasteiger charge is 2.34. The summed E-state index contributed by atoms with van der Waals surface area (Å²) in [6.07, 6.45) is 0.714. The van der Waals surface area contributed by atoms with Crippen LogP contribution < -0.4 is 5.32 Å². The molecule has 0 amide bonds. The molecule has 100 valence electrons. The van der Waals surface area contributed by atoms with Crippen molar-refractivity contribution in [1.29, 1.82) is 0 Å². The monoisotopic (exact) mass is 287 g/mol. The average molecular weight is 288 g/mol. The fraction of sp³-hybridized carbons (Fsp3) is 0.538. The zero-order valence-corrected chi connectivity index (χ0v) is 12.0. The van der Waals surface area contributed by atoms with Crippen molar-refractivity contribution in [3.8, 4) is 0 Å². The molecule has 0 bridgehead atoms. The minimum atomic E-state index is -2.86. The van der Waals surface area contributed by atoms with Gasteiger partial charge in [0.25, 0.3) is 0 Å². The molecule has 5 heteroatoms. The lowest BCUT2D eigenvalue weighted by Crippen LogP contribution is -2.29. The van der Waals surface area contributed by atoms with Crippen LogP contribution >= 0.6 is 11.6 Å². The fourth-order valence-electron chi connectivity index (χ4n) is 2.56. The standard InChI is InChI=1S/C13H18ClNO2S/c1-2-15-13(10-7-8-18(16,17)9-10)11-5-3-4-6-12(11)14/h3-6,10,13,15H,2,7-9H2,1H3. The second-order valence-electron chi connectivity index (χ2n) is 4.72. The lowest BCUT2D eigenvalue weighted by molar-refractivity contribution is 0.400. The molecule has 2 atom stereocenters. The van der Waals surface area contributed by atoms with Crippen molar-refractivity contribution in [3.63, 3.8) is 0 Å². The lowest BCUT2D eigenvalue weighted by Gasteiger charge is -2.24. The first-order chi connectivity index (χ1) is 8.53. The third-order valence-corrected chi connectivity index (χ3v) is 5.54. The van der Waals surface area contributed by atoms with Crippen LogP contribution in [0.1, 0.15) is 24.9 Å². The van der Waals surface area contributed by atoms with Crippen LogP contribution in [0.2, 0.25) is 5.02 Å². The second-order valence-corrected chi connectivity index (χ2v) is 7.36. The molecule has 3 nitrogen and oxygen atoms in total. The maximum atomic E-state index is 11.6. The summed E-state index contributed by atoms with van der Waals surface area (Å²) in [5.41, 5.74) is 1.00. The van der Waals surface area contributed by atoms with Crippen LogP contribution in [0.25, 0.3) is 0 Å². The second kappa shape index (κ2) is 5.59. The van der Waals surface area contributed by atoms with Gasteiger partial charge < -0.3 is 5.32 Å². The first-order valence-electron chi connectivity index (χ1n) is 6.21. The van der Waals surface area contributed by atoms with E-state index in [1.807, 2.05) is 31.2 Å². The first-order valence-corrected chi connectivity index (χ1v) is 8.41. The largest absolute Gasteiger partial charge is 0.310 e. The van der Waals surface area contributed by atoms with Gasteiger partial charge in [0.2, 0.25) is 0 Å². The topological polar surface area (TPSA) is 46.2 Å². The maximum Gasteiger partial charge on any atom is 0.150 e. The summed E-state index contributed by atoms with van der Waals surface area (Å²) in [6.45, 7) is 2.82.